The summed E-state index contributed by atoms with van der Waals surface area (Å²) in [6.07, 6.45) is 0.574. The van der Waals surface area contributed by atoms with Gasteiger partial charge in [0, 0.05) is 12.1 Å². The Bertz CT molecular complexity index is 774. The van der Waals surface area contributed by atoms with E-state index in [1.165, 1.54) is 5.56 Å². The number of hydrogen-bond acceptors (Lipinski definition) is 4. The zero-order valence-corrected chi connectivity index (χ0v) is 17.9. The smallest absolute Gasteiger partial charge is 0.335 e. The Morgan fingerprint density at radius 1 is 0.893 bits per heavy atom. The van der Waals surface area contributed by atoms with E-state index >= 15 is 0 Å². The van der Waals surface area contributed by atoms with Gasteiger partial charge in [-0.3, -0.25) is 9.36 Å². The zero-order chi connectivity index (χ0) is 20.6. The van der Waals surface area contributed by atoms with Gasteiger partial charge in [0.25, 0.3) is 5.91 Å². The minimum atomic E-state index is -3.24. The highest BCUT2D eigenvalue weighted by atomic mass is 31.2. The maximum atomic E-state index is 13.0. The predicted molar refractivity (Wildman–Crippen MR) is 113 cm³/mol. The number of benzene rings is 2. The number of nitrogens with one attached hydrogen (secondary N) is 1. The summed E-state index contributed by atoms with van der Waals surface area (Å²) in [6.45, 7) is 7.90. The Morgan fingerprint density at radius 3 is 2.00 bits per heavy atom. The number of carbonyl (C=O) groups excluding carboxylic acids is 1. The minimum absolute atomic E-state index is 0.123. The molecule has 0 aliphatic heterocycles. The molecule has 0 aromatic heterocycles. The first-order valence-corrected chi connectivity index (χ1v) is 11.4. The van der Waals surface area contributed by atoms with Crippen LogP contribution in [-0.4, -0.2) is 24.7 Å². The zero-order valence-electron chi connectivity index (χ0n) is 17.1. The summed E-state index contributed by atoms with van der Waals surface area (Å²) in [4.78, 5) is 12.3. The summed E-state index contributed by atoms with van der Waals surface area (Å²) in [5.41, 5.74) is 2.57. The largest absolute Gasteiger partial charge is 0.352 e. The quantitative estimate of drug-likeness (QED) is 0.554. The second kappa shape index (κ2) is 10.6. The number of hydrogen-bond donors (Lipinski definition) is 1. The molecular formula is C22H30NO4P. The van der Waals surface area contributed by atoms with Crippen molar-refractivity contribution in [2.75, 3.05) is 6.54 Å². The number of amides is 1. The molecule has 0 bridgehead atoms. The van der Waals surface area contributed by atoms with Crippen molar-refractivity contribution in [3.63, 3.8) is 0 Å². The van der Waals surface area contributed by atoms with Gasteiger partial charge in [0.15, 0.2) is 0 Å². The maximum Gasteiger partial charge on any atom is 0.335 e. The fourth-order valence-corrected chi connectivity index (χ4v) is 4.94. The monoisotopic (exact) mass is 403 g/mol. The van der Waals surface area contributed by atoms with Crippen molar-refractivity contribution in [2.45, 2.75) is 52.5 Å². The highest BCUT2D eigenvalue weighted by Gasteiger charge is 2.28. The van der Waals surface area contributed by atoms with E-state index in [1.54, 1.807) is 24.3 Å². The minimum Gasteiger partial charge on any atom is -0.352 e. The van der Waals surface area contributed by atoms with Crippen LogP contribution in [-0.2, 0) is 26.2 Å². The van der Waals surface area contributed by atoms with Crippen molar-refractivity contribution in [3.05, 3.63) is 71.3 Å². The fourth-order valence-electron chi connectivity index (χ4n) is 2.79. The van der Waals surface area contributed by atoms with Crippen LogP contribution in [0.15, 0.2) is 54.6 Å². The lowest BCUT2D eigenvalue weighted by atomic mass is 10.1. The maximum absolute atomic E-state index is 13.0. The van der Waals surface area contributed by atoms with Crippen molar-refractivity contribution >= 4 is 13.5 Å². The van der Waals surface area contributed by atoms with Crippen LogP contribution in [0.25, 0.3) is 0 Å². The van der Waals surface area contributed by atoms with Crippen LogP contribution in [0, 0.1) is 0 Å². The van der Waals surface area contributed by atoms with Crippen LogP contribution in [0.2, 0.25) is 0 Å². The average Bonchev–Trinajstić information content (AvgIpc) is 2.61. The Labute approximate surface area is 168 Å². The van der Waals surface area contributed by atoms with Gasteiger partial charge < -0.3 is 14.4 Å². The van der Waals surface area contributed by atoms with Crippen LogP contribution < -0.4 is 5.32 Å². The van der Waals surface area contributed by atoms with Crippen LogP contribution in [0.3, 0.4) is 0 Å². The molecule has 0 fully saturated rings. The highest BCUT2D eigenvalue weighted by Crippen LogP contribution is 2.53. The van der Waals surface area contributed by atoms with Gasteiger partial charge in [0.1, 0.15) is 0 Å². The van der Waals surface area contributed by atoms with E-state index in [2.05, 4.69) is 5.32 Å². The van der Waals surface area contributed by atoms with Crippen LogP contribution in [0.1, 0.15) is 49.2 Å². The van der Waals surface area contributed by atoms with Gasteiger partial charge in [-0.2, -0.15) is 0 Å². The van der Waals surface area contributed by atoms with Crippen molar-refractivity contribution in [2.24, 2.45) is 0 Å². The first kappa shape index (κ1) is 22.4. The van der Waals surface area contributed by atoms with E-state index in [1.807, 2.05) is 58.0 Å². The lowest BCUT2D eigenvalue weighted by Crippen LogP contribution is -2.25. The molecule has 1 amide bonds. The highest BCUT2D eigenvalue weighted by molar-refractivity contribution is 7.53. The van der Waals surface area contributed by atoms with Gasteiger partial charge in [0.2, 0.25) is 0 Å². The van der Waals surface area contributed by atoms with Crippen LogP contribution in [0.4, 0.5) is 0 Å². The molecule has 0 atom stereocenters. The molecule has 0 unspecified atom stereocenters. The molecule has 0 spiro atoms. The van der Waals surface area contributed by atoms with Crippen LogP contribution in [0.5, 0.6) is 0 Å². The van der Waals surface area contributed by atoms with E-state index in [9.17, 15) is 9.36 Å². The molecule has 0 radical (unpaired) electrons. The molecule has 2 aromatic rings. The molecule has 0 heterocycles. The van der Waals surface area contributed by atoms with Gasteiger partial charge in [-0.1, -0.05) is 42.5 Å². The molecule has 2 aromatic carbocycles. The summed E-state index contributed by atoms with van der Waals surface area (Å²) in [5, 5.41) is 2.92. The Kier molecular flexibility index (Phi) is 8.43. The summed E-state index contributed by atoms with van der Waals surface area (Å²) < 4.78 is 24.1. The normalized spacial score (nSPS) is 11.8. The van der Waals surface area contributed by atoms with E-state index in [4.69, 9.17) is 9.05 Å². The van der Waals surface area contributed by atoms with Crippen molar-refractivity contribution in [1.29, 1.82) is 0 Å². The Morgan fingerprint density at radius 2 is 1.46 bits per heavy atom. The SMILES string of the molecule is CC(C)OP(=O)(Cc1ccc(C(=O)NCCc2ccccc2)cc1)OC(C)C. The van der Waals surface area contributed by atoms with Gasteiger partial charge in [-0.15, -0.1) is 0 Å². The molecular weight excluding hydrogens is 373 g/mol. The molecule has 0 aliphatic rings. The van der Waals surface area contributed by atoms with Crippen molar-refractivity contribution in [3.8, 4) is 0 Å². The lowest BCUT2D eigenvalue weighted by molar-refractivity contribution is 0.0954. The van der Waals surface area contributed by atoms with Crippen LogP contribution >= 0.6 is 7.60 Å². The average molecular weight is 403 g/mol. The molecule has 0 aliphatic carbocycles. The summed E-state index contributed by atoms with van der Waals surface area (Å²) >= 11 is 0. The lowest BCUT2D eigenvalue weighted by Gasteiger charge is -2.22. The molecule has 152 valence electrons. The molecule has 6 heteroatoms. The van der Waals surface area contributed by atoms with E-state index < -0.39 is 7.60 Å². The first-order chi connectivity index (χ1) is 13.3. The first-order valence-electron chi connectivity index (χ1n) is 9.64. The Hall–Kier alpha value is -1.94. The third-order valence-electron chi connectivity index (χ3n) is 3.88. The third kappa shape index (κ3) is 7.59. The predicted octanol–water partition coefficient (Wildman–Crippen LogP) is 5.20. The molecule has 0 saturated heterocycles. The van der Waals surface area contributed by atoms with Crippen molar-refractivity contribution < 1.29 is 18.4 Å². The van der Waals surface area contributed by atoms with Gasteiger partial charge in [-0.05, 0) is 57.4 Å². The molecule has 1 N–H and O–H groups in total. The summed E-state index contributed by atoms with van der Waals surface area (Å²) in [7, 11) is -3.24. The molecule has 28 heavy (non-hydrogen) atoms. The van der Waals surface area contributed by atoms with Gasteiger partial charge in [-0.25, -0.2) is 0 Å². The Balaban J connectivity index is 1.93. The topological polar surface area (TPSA) is 64.6 Å². The molecule has 0 saturated carbocycles. The van der Waals surface area contributed by atoms with Crippen molar-refractivity contribution in [1.82, 2.24) is 5.32 Å². The second-order valence-corrected chi connectivity index (χ2v) is 9.23. The fraction of sp³-hybridized carbons (Fsp3) is 0.409. The standard InChI is InChI=1S/C22H30NO4P/c1-17(2)26-28(25,27-18(3)4)16-20-10-12-21(13-11-20)22(24)23-15-14-19-8-6-5-7-9-19/h5-13,17-18H,14-16H2,1-4H3,(H,23,24). The summed E-state index contributed by atoms with van der Waals surface area (Å²) in [5.74, 6) is -0.123. The van der Waals surface area contributed by atoms with E-state index in [0.717, 1.165) is 12.0 Å². The number of rotatable bonds is 10. The summed E-state index contributed by atoms with van der Waals surface area (Å²) in [6, 6.07) is 17.1. The third-order valence-corrected chi connectivity index (χ3v) is 6.12. The van der Waals surface area contributed by atoms with Gasteiger partial charge in [0.05, 0.1) is 18.4 Å². The molecule has 2 rings (SSSR count). The second-order valence-electron chi connectivity index (χ2n) is 7.27. The van der Waals surface area contributed by atoms with E-state index in [-0.39, 0.29) is 24.3 Å². The number of carbonyl (C=O) groups is 1. The van der Waals surface area contributed by atoms with Gasteiger partial charge >= 0.3 is 7.60 Å². The van der Waals surface area contributed by atoms with E-state index in [0.29, 0.717) is 12.1 Å². The molecule has 5 nitrogen and oxygen atoms in total.